The minimum atomic E-state index is -2.69. The fourth-order valence-electron chi connectivity index (χ4n) is 8.95. The van der Waals surface area contributed by atoms with Crippen LogP contribution in [0.15, 0.2) is 77.5 Å². The summed E-state index contributed by atoms with van der Waals surface area (Å²) in [6, 6.07) is 23.1. The van der Waals surface area contributed by atoms with Crippen molar-refractivity contribution in [3.05, 3.63) is 72.3 Å². The van der Waals surface area contributed by atoms with Crippen LogP contribution in [0, 0.1) is 29.1 Å². The summed E-state index contributed by atoms with van der Waals surface area (Å²) in [7, 11) is -3.86. The Bertz CT molecular complexity index is 1350. The van der Waals surface area contributed by atoms with Crippen LogP contribution in [0.25, 0.3) is 0 Å². The van der Waals surface area contributed by atoms with Crippen LogP contribution in [0.2, 0.25) is 30.7 Å². The van der Waals surface area contributed by atoms with E-state index < -0.39 is 16.4 Å². The first kappa shape index (κ1) is 32.9. The van der Waals surface area contributed by atoms with E-state index in [1.165, 1.54) is 22.4 Å². The third kappa shape index (κ3) is 6.08. The van der Waals surface area contributed by atoms with Crippen molar-refractivity contribution in [1.82, 2.24) is 0 Å². The average molecular weight is 646 g/mol. The molecule has 0 aromatic heterocycles. The van der Waals surface area contributed by atoms with E-state index in [1.54, 1.807) is 0 Å². The van der Waals surface area contributed by atoms with E-state index >= 15 is 0 Å². The van der Waals surface area contributed by atoms with Crippen LogP contribution in [0.3, 0.4) is 0 Å². The molecule has 0 N–H and O–H groups in total. The van der Waals surface area contributed by atoms with Gasteiger partial charge in [0.25, 0.3) is 8.32 Å². The standard InChI is InChI=1S/C38H55NO4Si2/c1-36(2,3)45(29-15-11-9-12-16-29,30-17-13-10-14-18-30)43-25-28-23-32-35-31(37(35,4)5)19-20-38(32,33-26-42-39-34(33)24-28)41-27-40-21-22-44(6,7)8/h9-18,23,31-33,35H,19-22,24-27H2,1-8H3/t31-,32+,33-,35-,38-/m1/s1. The van der Waals surface area contributed by atoms with Gasteiger partial charge in [-0.3, -0.25) is 0 Å². The molecule has 6 rings (SSSR count). The van der Waals surface area contributed by atoms with E-state index in [0.29, 0.717) is 31.3 Å². The third-order valence-electron chi connectivity index (χ3n) is 11.5. The van der Waals surface area contributed by atoms with Crippen LogP contribution in [-0.2, 0) is 18.7 Å². The largest absolute Gasteiger partial charge is 0.403 e. The molecular formula is C38H55NO4Si2. The van der Waals surface area contributed by atoms with Crippen molar-refractivity contribution in [2.24, 2.45) is 34.2 Å². The molecule has 3 aliphatic carbocycles. The number of hydrogen-bond donors (Lipinski definition) is 0. The van der Waals surface area contributed by atoms with Gasteiger partial charge in [-0.05, 0) is 57.1 Å². The lowest BCUT2D eigenvalue weighted by molar-refractivity contribution is -0.188. The van der Waals surface area contributed by atoms with Gasteiger partial charge >= 0.3 is 0 Å². The molecule has 0 spiro atoms. The molecular weight excluding hydrogens is 591 g/mol. The van der Waals surface area contributed by atoms with Crippen LogP contribution in [-0.4, -0.2) is 54.3 Å². The molecule has 4 aliphatic rings. The van der Waals surface area contributed by atoms with Gasteiger partial charge in [-0.25, -0.2) is 0 Å². The Morgan fingerprint density at radius 3 is 2.20 bits per heavy atom. The normalized spacial score (nSPS) is 29.0. The van der Waals surface area contributed by atoms with Crippen LogP contribution >= 0.6 is 0 Å². The van der Waals surface area contributed by atoms with E-state index in [-0.39, 0.29) is 22.5 Å². The lowest BCUT2D eigenvalue weighted by atomic mass is 9.67. The number of rotatable bonds is 11. The van der Waals surface area contributed by atoms with Gasteiger partial charge in [-0.15, -0.1) is 0 Å². The van der Waals surface area contributed by atoms with Gasteiger partial charge in [0.2, 0.25) is 0 Å². The molecule has 5 nitrogen and oxygen atoms in total. The highest BCUT2D eigenvalue weighted by Gasteiger charge is 2.70. The van der Waals surface area contributed by atoms with E-state index in [2.05, 4.69) is 126 Å². The molecule has 45 heavy (non-hydrogen) atoms. The number of fused-ring (bicyclic) bond motifs is 5. The lowest BCUT2D eigenvalue weighted by Crippen LogP contribution is -2.66. The fraction of sp³-hybridized carbons (Fsp3) is 0.605. The Labute approximate surface area is 273 Å². The van der Waals surface area contributed by atoms with Crippen LogP contribution in [0.5, 0.6) is 0 Å². The van der Waals surface area contributed by atoms with Gasteiger partial charge in [-0.2, -0.15) is 0 Å². The molecule has 0 bridgehead atoms. The molecule has 2 aromatic rings. The van der Waals surface area contributed by atoms with Crippen LogP contribution < -0.4 is 10.4 Å². The summed E-state index contributed by atoms with van der Waals surface area (Å²) in [6.07, 6.45) is 5.56. The molecule has 7 heteroatoms. The zero-order valence-electron chi connectivity index (χ0n) is 28.9. The Morgan fingerprint density at radius 2 is 1.60 bits per heavy atom. The molecule has 1 aliphatic heterocycles. The minimum Gasteiger partial charge on any atom is -0.403 e. The monoisotopic (exact) mass is 645 g/mol. The van der Waals surface area contributed by atoms with Gasteiger partial charge in [0.15, 0.2) is 0 Å². The first-order valence-corrected chi connectivity index (χ1v) is 22.8. The van der Waals surface area contributed by atoms with Crippen molar-refractivity contribution < 1.29 is 18.7 Å². The topological polar surface area (TPSA) is 49.3 Å². The summed E-state index contributed by atoms with van der Waals surface area (Å²) in [5.41, 5.74) is 2.38. The Morgan fingerprint density at radius 1 is 0.956 bits per heavy atom. The van der Waals surface area contributed by atoms with E-state index in [9.17, 15) is 0 Å². The number of nitrogens with zero attached hydrogens (tertiary/aromatic N) is 1. The van der Waals surface area contributed by atoms with Crippen molar-refractivity contribution in [2.45, 2.75) is 90.2 Å². The molecule has 0 amide bonds. The van der Waals surface area contributed by atoms with Gasteiger partial charge < -0.3 is 18.7 Å². The second kappa shape index (κ2) is 12.2. The molecule has 244 valence electrons. The van der Waals surface area contributed by atoms with Crippen LogP contribution in [0.4, 0.5) is 0 Å². The molecule has 0 saturated heterocycles. The van der Waals surface area contributed by atoms with Crippen molar-refractivity contribution >= 4 is 32.5 Å². The number of oxime groups is 1. The van der Waals surface area contributed by atoms with Crippen molar-refractivity contribution in [2.75, 3.05) is 26.6 Å². The van der Waals surface area contributed by atoms with Gasteiger partial charge in [0, 0.05) is 27.0 Å². The first-order valence-electron chi connectivity index (χ1n) is 17.1. The molecule has 2 fully saturated rings. The predicted octanol–water partition coefficient (Wildman–Crippen LogP) is 7.65. The van der Waals surface area contributed by atoms with Crippen molar-refractivity contribution in [3.8, 4) is 0 Å². The highest BCUT2D eigenvalue weighted by Crippen LogP contribution is 2.71. The molecule has 5 atom stereocenters. The second-order valence-corrected chi connectivity index (χ2v) is 26.8. The Balaban J connectivity index is 1.35. The lowest BCUT2D eigenvalue weighted by Gasteiger charge is -2.45. The summed E-state index contributed by atoms with van der Waals surface area (Å²) in [4.78, 5) is 5.89. The van der Waals surface area contributed by atoms with Gasteiger partial charge in [0.05, 0.1) is 23.8 Å². The van der Waals surface area contributed by atoms with Gasteiger partial charge in [-0.1, -0.05) is 126 Å². The zero-order valence-corrected chi connectivity index (χ0v) is 30.9. The van der Waals surface area contributed by atoms with E-state index in [1.807, 2.05) is 0 Å². The number of hydrogen-bond acceptors (Lipinski definition) is 5. The Kier molecular flexibility index (Phi) is 8.92. The molecule has 0 radical (unpaired) electrons. The number of ether oxygens (including phenoxy) is 2. The van der Waals surface area contributed by atoms with Crippen LogP contribution in [0.1, 0.15) is 53.9 Å². The zero-order chi connectivity index (χ0) is 32.1. The fourth-order valence-corrected chi connectivity index (χ4v) is 14.3. The smallest absolute Gasteiger partial charge is 0.261 e. The van der Waals surface area contributed by atoms with E-state index in [4.69, 9.17) is 18.7 Å². The number of benzene rings is 2. The first-order chi connectivity index (χ1) is 21.3. The average Bonchev–Trinajstić information content (AvgIpc) is 3.30. The summed E-state index contributed by atoms with van der Waals surface area (Å²) < 4.78 is 20.7. The van der Waals surface area contributed by atoms with Crippen molar-refractivity contribution in [1.29, 1.82) is 0 Å². The third-order valence-corrected chi connectivity index (χ3v) is 18.2. The predicted molar refractivity (Wildman–Crippen MR) is 189 cm³/mol. The highest BCUT2D eigenvalue weighted by molar-refractivity contribution is 6.99. The van der Waals surface area contributed by atoms with Crippen molar-refractivity contribution in [3.63, 3.8) is 0 Å². The quantitative estimate of drug-likeness (QED) is 0.109. The van der Waals surface area contributed by atoms with Gasteiger partial charge in [0.1, 0.15) is 13.4 Å². The molecule has 1 heterocycles. The summed E-state index contributed by atoms with van der Waals surface area (Å²) in [6.45, 7) is 21.4. The maximum absolute atomic E-state index is 7.48. The maximum atomic E-state index is 7.48. The molecule has 2 saturated carbocycles. The maximum Gasteiger partial charge on any atom is 0.261 e. The minimum absolute atomic E-state index is 0.0773. The summed E-state index contributed by atoms with van der Waals surface area (Å²) >= 11 is 0. The summed E-state index contributed by atoms with van der Waals surface area (Å²) in [5.74, 6) is 1.73. The highest BCUT2D eigenvalue weighted by atomic mass is 28.4. The molecule has 0 unspecified atom stereocenters. The van der Waals surface area contributed by atoms with E-state index in [0.717, 1.165) is 37.1 Å². The summed E-state index contributed by atoms with van der Waals surface area (Å²) in [5, 5.41) is 7.23. The molecule has 2 aromatic carbocycles. The Hall–Kier alpha value is -2.04. The second-order valence-electron chi connectivity index (χ2n) is 16.8. The SMILES string of the molecule is CC1(C)[C@@H]2[C@H]1CC[C@]1(OCOCC[Si](C)(C)C)[C@@H]3CON=C3CC(CO[Si](c3ccccc3)(c3ccccc3)C(C)(C)C)=C[C@@H]21.